The number of ether oxygens (including phenoxy) is 3. The van der Waals surface area contributed by atoms with Gasteiger partial charge in [0.2, 0.25) is 5.79 Å². The average Bonchev–Trinajstić information content (AvgIpc) is 2.80. The molecule has 11 nitrogen and oxygen atoms in total. The molecule has 11 heteroatoms. The topological polar surface area (TPSA) is 190 Å². The zero-order valence-electron chi connectivity index (χ0n) is 12.0. The lowest BCUT2D eigenvalue weighted by Gasteiger charge is -2.43. The average molecular weight is 342 g/mol. The van der Waals surface area contributed by atoms with Crippen LogP contribution in [-0.2, 0) is 14.2 Å². The lowest BCUT2D eigenvalue weighted by molar-refractivity contribution is -0.383. The monoisotopic (exact) mass is 342 g/mol. The normalized spacial score (nSPS) is 51.1. The minimum absolute atomic E-state index is 0.669. The summed E-state index contributed by atoms with van der Waals surface area (Å²) in [5, 5.41) is 76.7. The largest absolute Gasteiger partial charge is 0.394 e. The van der Waals surface area contributed by atoms with Gasteiger partial charge in [0.1, 0.15) is 49.3 Å². The van der Waals surface area contributed by atoms with Crippen LogP contribution in [0.25, 0.3) is 0 Å². The van der Waals surface area contributed by atoms with Crippen LogP contribution in [0, 0.1) is 0 Å². The Morgan fingerprint density at radius 1 is 0.783 bits per heavy atom. The van der Waals surface area contributed by atoms with E-state index in [4.69, 9.17) is 24.4 Å². The van der Waals surface area contributed by atoms with Gasteiger partial charge in [-0.05, 0) is 0 Å². The molecule has 0 unspecified atom stereocenters. The molecule has 2 heterocycles. The zero-order chi connectivity index (χ0) is 17.4. The summed E-state index contributed by atoms with van der Waals surface area (Å²) in [6.07, 6.45) is -12.7. The lowest BCUT2D eigenvalue weighted by atomic mass is 9.99. The van der Waals surface area contributed by atoms with Gasteiger partial charge in [0.15, 0.2) is 6.29 Å². The molecule has 8 N–H and O–H groups in total. The van der Waals surface area contributed by atoms with Crippen molar-refractivity contribution in [2.75, 3.05) is 19.8 Å². The SMILES string of the molecule is OC[C@H]1O[C@@](CO)(O[C@H]2O[C@H](CO)[C@@H](O)[C@@H](O)[C@H]2O)[C@@H](O)[C@@H]1O. The van der Waals surface area contributed by atoms with Gasteiger partial charge in [-0.2, -0.15) is 0 Å². The van der Waals surface area contributed by atoms with Crippen LogP contribution in [-0.4, -0.2) is 115 Å². The summed E-state index contributed by atoms with van der Waals surface area (Å²) in [5.74, 6) is -2.22. The molecule has 0 spiro atoms. The van der Waals surface area contributed by atoms with E-state index < -0.39 is 74.6 Å². The highest BCUT2D eigenvalue weighted by Gasteiger charge is 2.58. The van der Waals surface area contributed by atoms with Crippen molar-refractivity contribution in [1.29, 1.82) is 0 Å². The maximum absolute atomic E-state index is 10.00. The molecule has 2 fully saturated rings. The number of aliphatic hydroxyl groups is 8. The van der Waals surface area contributed by atoms with Gasteiger partial charge < -0.3 is 55.1 Å². The van der Waals surface area contributed by atoms with Crippen molar-refractivity contribution in [1.82, 2.24) is 0 Å². The molecule has 0 saturated carbocycles. The summed E-state index contributed by atoms with van der Waals surface area (Å²) >= 11 is 0. The third kappa shape index (κ3) is 3.23. The van der Waals surface area contributed by atoms with Crippen LogP contribution in [0.2, 0.25) is 0 Å². The van der Waals surface area contributed by atoms with Crippen molar-refractivity contribution < 1.29 is 55.1 Å². The Balaban J connectivity index is 2.18. The third-order valence-electron chi connectivity index (χ3n) is 4.07. The first-order valence-electron chi connectivity index (χ1n) is 7.05. The molecule has 0 aromatic carbocycles. The number of hydrogen-bond acceptors (Lipinski definition) is 11. The fraction of sp³-hybridized carbons (Fsp3) is 1.00. The first-order valence-corrected chi connectivity index (χ1v) is 7.05. The maximum atomic E-state index is 10.00. The summed E-state index contributed by atoms with van der Waals surface area (Å²) < 4.78 is 15.4. The molecule has 0 aliphatic carbocycles. The second-order valence-corrected chi connectivity index (χ2v) is 5.56. The van der Waals surface area contributed by atoms with E-state index in [2.05, 4.69) is 0 Å². The fourth-order valence-electron chi connectivity index (χ4n) is 2.63. The number of hydrogen-bond donors (Lipinski definition) is 8. The predicted molar refractivity (Wildman–Crippen MR) is 68.6 cm³/mol. The molecular weight excluding hydrogens is 320 g/mol. The third-order valence-corrected chi connectivity index (χ3v) is 4.07. The summed E-state index contributed by atoms with van der Waals surface area (Å²) in [4.78, 5) is 0. The number of aliphatic hydroxyl groups excluding tert-OH is 8. The van der Waals surface area contributed by atoms with Gasteiger partial charge in [-0.1, -0.05) is 0 Å². The summed E-state index contributed by atoms with van der Waals surface area (Å²) in [6.45, 7) is -2.32. The van der Waals surface area contributed by atoms with Crippen LogP contribution in [0.15, 0.2) is 0 Å². The molecule has 2 aliphatic heterocycles. The van der Waals surface area contributed by atoms with Crippen LogP contribution >= 0.6 is 0 Å². The first kappa shape index (κ1) is 18.9. The highest BCUT2D eigenvalue weighted by Crippen LogP contribution is 2.35. The molecule has 0 aromatic heterocycles. The minimum Gasteiger partial charge on any atom is -0.394 e. The first-order chi connectivity index (χ1) is 10.8. The van der Waals surface area contributed by atoms with E-state index in [0.29, 0.717) is 0 Å². The van der Waals surface area contributed by atoms with Gasteiger partial charge in [-0.25, -0.2) is 0 Å². The van der Waals surface area contributed by atoms with Crippen molar-refractivity contribution in [3.63, 3.8) is 0 Å². The van der Waals surface area contributed by atoms with Crippen LogP contribution < -0.4 is 0 Å². The minimum atomic E-state index is -2.22. The van der Waals surface area contributed by atoms with Crippen LogP contribution in [0.3, 0.4) is 0 Å². The van der Waals surface area contributed by atoms with Crippen molar-refractivity contribution in [2.24, 2.45) is 0 Å². The lowest BCUT2D eigenvalue weighted by Crippen LogP contribution is -2.62. The van der Waals surface area contributed by atoms with Crippen molar-refractivity contribution in [2.45, 2.75) is 54.8 Å². The molecule has 2 aliphatic rings. The van der Waals surface area contributed by atoms with E-state index in [1.807, 2.05) is 0 Å². The Hall–Kier alpha value is -0.440. The molecule has 0 bridgehead atoms. The van der Waals surface area contributed by atoms with Crippen LogP contribution in [0.5, 0.6) is 0 Å². The quantitative estimate of drug-likeness (QED) is 0.238. The van der Waals surface area contributed by atoms with E-state index in [9.17, 15) is 30.6 Å². The molecular formula is C12H22O11. The summed E-state index contributed by atoms with van der Waals surface area (Å²) in [5.41, 5.74) is 0. The maximum Gasteiger partial charge on any atom is 0.224 e. The Morgan fingerprint density at radius 3 is 1.87 bits per heavy atom. The molecule has 23 heavy (non-hydrogen) atoms. The second kappa shape index (κ2) is 7.21. The molecule has 2 saturated heterocycles. The van der Waals surface area contributed by atoms with Crippen LogP contribution in [0.1, 0.15) is 0 Å². The molecule has 0 aromatic rings. The summed E-state index contributed by atoms with van der Waals surface area (Å²) in [6, 6.07) is 0. The second-order valence-electron chi connectivity index (χ2n) is 5.56. The highest BCUT2D eigenvalue weighted by molar-refractivity contribution is 4.98. The Bertz CT molecular complexity index is 393. The Labute approximate surface area is 130 Å². The number of rotatable bonds is 5. The van der Waals surface area contributed by atoms with Gasteiger partial charge in [0.05, 0.1) is 13.2 Å². The highest BCUT2D eigenvalue weighted by atomic mass is 16.8. The van der Waals surface area contributed by atoms with E-state index in [0.717, 1.165) is 0 Å². The van der Waals surface area contributed by atoms with Gasteiger partial charge in [0, 0.05) is 0 Å². The smallest absolute Gasteiger partial charge is 0.224 e. The molecule has 2 rings (SSSR count). The van der Waals surface area contributed by atoms with Crippen molar-refractivity contribution in [3.05, 3.63) is 0 Å². The van der Waals surface area contributed by atoms with E-state index in [1.54, 1.807) is 0 Å². The fourth-order valence-corrected chi connectivity index (χ4v) is 2.63. The van der Waals surface area contributed by atoms with Crippen LogP contribution in [0.4, 0.5) is 0 Å². The van der Waals surface area contributed by atoms with E-state index in [1.165, 1.54) is 0 Å². The summed E-state index contributed by atoms with van der Waals surface area (Å²) in [7, 11) is 0. The molecule has 0 amide bonds. The van der Waals surface area contributed by atoms with Crippen molar-refractivity contribution in [3.8, 4) is 0 Å². The Morgan fingerprint density at radius 2 is 1.39 bits per heavy atom. The molecule has 9 atom stereocenters. The molecule has 136 valence electrons. The van der Waals surface area contributed by atoms with Gasteiger partial charge in [0.25, 0.3) is 0 Å². The predicted octanol–water partition coefficient (Wildman–Crippen LogP) is -5.40. The molecule has 0 radical (unpaired) electrons. The van der Waals surface area contributed by atoms with E-state index >= 15 is 0 Å². The van der Waals surface area contributed by atoms with Gasteiger partial charge in [-0.15, -0.1) is 0 Å². The zero-order valence-corrected chi connectivity index (χ0v) is 12.0. The van der Waals surface area contributed by atoms with Gasteiger partial charge in [-0.3, -0.25) is 0 Å². The Kier molecular flexibility index (Phi) is 5.92. The standard InChI is InChI=1S/C12H22O11/c13-1-4-6(16)8(18)9(19)11(21-4)23-12(3-15)10(20)7(17)5(2-14)22-12/h4-11,13-20H,1-3H2/t4-,5-,6-,7-,8-,9-,10+,11-,12+/m1/s1. The van der Waals surface area contributed by atoms with E-state index in [-0.39, 0.29) is 0 Å². The van der Waals surface area contributed by atoms with Gasteiger partial charge >= 0.3 is 0 Å². The van der Waals surface area contributed by atoms with Crippen molar-refractivity contribution >= 4 is 0 Å².